The number of ether oxygens (including phenoxy) is 1. The summed E-state index contributed by atoms with van der Waals surface area (Å²) < 4.78 is 5.03. The Labute approximate surface area is 109 Å². The monoisotopic (exact) mass is 275 g/mol. The average Bonchev–Trinajstić information content (AvgIpc) is 2.79. The number of thioether (sulfide) groups is 1. The lowest BCUT2D eigenvalue weighted by Gasteiger charge is -2.20. The maximum absolute atomic E-state index is 11.9. The van der Waals surface area contributed by atoms with Crippen LogP contribution >= 0.6 is 23.1 Å². The molecule has 0 saturated heterocycles. The first-order valence-electron chi connectivity index (χ1n) is 5.19. The SMILES string of the molecule is COc1csc(C(=O)NC(C)C(CO)SC)c1. The summed E-state index contributed by atoms with van der Waals surface area (Å²) in [7, 11) is 1.57. The summed E-state index contributed by atoms with van der Waals surface area (Å²) >= 11 is 2.88. The molecule has 1 aromatic heterocycles. The highest BCUT2D eigenvalue weighted by Gasteiger charge is 2.19. The molecule has 17 heavy (non-hydrogen) atoms. The third kappa shape index (κ3) is 3.90. The van der Waals surface area contributed by atoms with Crippen LogP contribution in [0.5, 0.6) is 5.75 Å². The minimum atomic E-state index is -0.127. The van der Waals surface area contributed by atoms with Crippen molar-refractivity contribution in [2.75, 3.05) is 20.0 Å². The highest BCUT2D eigenvalue weighted by Crippen LogP contribution is 2.21. The van der Waals surface area contributed by atoms with Gasteiger partial charge in [0.25, 0.3) is 5.91 Å². The van der Waals surface area contributed by atoms with Crippen LogP contribution in [0.1, 0.15) is 16.6 Å². The van der Waals surface area contributed by atoms with Crippen LogP contribution in [0.4, 0.5) is 0 Å². The molecule has 96 valence electrons. The molecular weight excluding hydrogens is 258 g/mol. The van der Waals surface area contributed by atoms with Crippen LogP contribution in [0.15, 0.2) is 11.4 Å². The molecule has 0 saturated carbocycles. The van der Waals surface area contributed by atoms with Crippen molar-refractivity contribution < 1.29 is 14.6 Å². The number of rotatable bonds is 6. The molecule has 0 fully saturated rings. The normalized spacial score (nSPS) is 14.1. The molecule has 0 bridgehead atoms. The van der Waals surface area contributed by atoms with E-state index in [2.05, 4.69) is 5.32 Å². The molecule has 0 aliphatic rings. The first kappa shape index (κ1) is 14.3. The smallest absolute Gasteiger partial charge is 0.261 e. The van der Waals surface area contributed by atoms with Gasteiger partial charge < -0.3 is 15.2 Å². The van der Waals surface area contributed by atoms with Crippen LogP contribution < -0.4 is 10.1 Å². The largest absolute Gasteiger partial charge is 0.496 e. The predicted molar refractivity (Wildman–Crippen MR) is 72.2 cm³/mol. The molecule has 6 heteroatoms. The Morgan fingerprint density at radius 2 is 2.41 bits per heavy atom. The molecule has 0 radical (unpaired) electrons. The first-order valence-corrected chi connectivity index (χ1v) is 7.36. The fourth-order valence-electron chi connectivity index (χ4n) is 1.35. The van der Waals surface area contributed by atoms with Gasteiger partial charge in [0, 0.05) is 22.7 Å². The van der Waals surface area contributed by atoms with Gasteiger partial charge >= 0.3 is 0 Å². The lowest BCUT2D eigenvalue weighted by Crippen LogP contribution is -2.40. The third-order valence-corrected chi connectivity index (χ3v) is 4.50. The zero-order chi connectivity index (χ0) is 12.8. The van der Waals surface area contributed by atoms with Crippen LogP contribution in [0.25, 0.3) is 0 Å². The summed E-state index contributed by atoms with van der Waals surface area (Å²) in [4.78, 5) is 12.5. The lowest BCUT2D eigenvalue weighted by atomic mass is 10.2. The Kier molecular flexibility index (Phi) is 5.80. The van der Waals surface area contributed by atoms with Crippen LogP contribution in [-0.2, 0) is 0 Å². The van der Waals surface area contributed by atoms with Crippen molar-refractivity contribution in [2.45, 2.75) is 18.2 Å². The molecule has 0 spiro atoms. The van der Waals surface area contributed by atoms with Crippen LogP contribution in [0.2, 0.25) is 0 Å². The van der Waals surface area contributed by atoms with Gasteiger partial charge in [-0.05, 0) is 13.2 Å². The zero-order valence-electron chi connectivity index (χ0n) is 10.1. The van der Waals surface area contributed by atoms with Crippen LogP contribution in [-0.4, -0.2) is 42.3 Å². The van der Waals surface area contributed by atoms with Crippen molar-refractivity contribution in [3.05, 3.63) is 16.3 Å². The highest BCUT2D eigenvalue weighted by molar-refractivity contribution is 7.99. The van der Waals surface area contributed by atoms with Gasteiger partial charge in [-0.25, -0.2) is 0 Å². The van der Waals surface area contributed by atoms with E-state index in [1.54, 1.807) is 18.6 Å². The summed E-state index contributed by atoms with van der Waals surface area (Å²) in [5.74, 6) is 0.565. The van der Waals surface area contributed by atoms with Crippen molar-refractivity contribution >= 4 is 29.0 Å². The summed E-state index contributed by atoms with van der Waals surface area (Å²) in [6, 6.07) is 1.63. The van der Waals surface area contributed by atoms with Gasteiger partial charge in [-0.1, -0.05) is 0 Å². The number of carbonyl (C=O) groups excluding carboxylic acids is 1. The van der Waals surface area contributed by atoms with Crippen molar-refractivity contribution in [3.63, 3.8) is 0 Å². The number of hydrogen-bond donors (Lipinski definition) is 2. The molecule has 1 rings (SSSR count). The van der Waals surface area contributed by atoms with Gasteiger partial charge in [0.1, 0.15) is 5.75 Å². The van der Waals surface area contributed by atoms with E-state index in [4.69, 9.17) is 9.84 Å². The molecule has 2 N–H and O–H groups in total. The van der Waals surface area contributed by atoms with Gasteiger partial charge in [0.05, 0.1) is 18.6 Å². The molecule has 0 aliphatic carbocycles. The lowest BCUT2D eigenvalue weighted by molar-refractivity contribution is 0.0940. The zero-order valence-corrected chi connectivity index (χ0v) is 11.7. The first-order chi connectivity index (χ1) is 8.12. The maximum Gasteiger partial charge on any atom is 0.261 e. The van der Waals surface area contributed by atoms with Gasteiger partial charge in [0.15, 0.2) is 0 Å². The van der Waals surface area contributed by atoms with Crippen LogP contribution in [0, 0.1) is 0 Å². The number of thiophene rings is 1. The minimum Gasteiger partial charge on any atom is -0.496 e. The molecule has 1 aromatic rings. The van der Waals surface area contributed by atoms with Crippen molar-refractivity contribution in [1.82, 2.24) is 5.32 Å². The van der Waals surface area contributed by atoms with E-state index < -0.39 is 0 Å². The second-order valence-electron chi connectivity index (χ2n) is 3.57. The molecule has 2 unspecified atom stereocenters. The number of aliphatic hydroxyl groups excluding tert-OH is 1. The molecule has 0 aliphatic heterocycles. The van der Waals surface area contributed by atoms with Gasteiger partial charge in [0.2, 0.25) is 0 Å². The third-order valence-electron chi connectivity index (χ3n) is 2.43. The molecule has 4 nitrogen and oxygen atoms in total. The van der Waals surface area contributed by atoms with Crippen molar-refractivity contribution in [3.8, 4) is 5.75 Å². The Bertz CT molecular complexity index is 363. The van der Waals surface area contributed by atoms with Gasteiger partial charge in [-0.2, -0.15) is 11.8 Å². The Morgan fingerprint density at radius 3 is 2.88 bits per heavy atom. The second kappa shape index (κ2) is 6.88. The molecule has 0 aromatic carbocycles. The summed E-state index contributed by atoms with van der Waals surface area (Å²) in [6.45, 7) is 1.94. The molecule has 2 atom stereocenters. The quantitative estimate of drug-likeness (QED) is 0.828. The minimum absolute atomic E-state index is 0.0146. The number of aliphatic hydroxyl groups is 1. The highest BCUT2D eigenvalue weighted by atomic mass is 32.2. The number of nitrogens with one attached hydrogen (secondary N) is 1. The van der Waals surface area contributed by atoms with E-state index >= 15 is 0 Å². The summed E-state index contributed by atoms with van der Waals surface area (Å²) in [5.41, 5.74) is 0. The maximum atomic E-state index is 11.9. The molecular formula is C11H17NO3S2. The molecule has 1 heterocycles. The number of carbonyl (C=O) groups is 1. The van der Waals surface area contributed by atoms with E-state index in [0.717, 1.165) is 0 Å². The van der Waals surface area contributed by atoms with E-state index in [9.17, 15) is 4.79 Å². The van der Waals surface area contributed by atoms with Gasteiger partial charge in [-0.3, -0.25) is 4.79 Å². The van der Waals surface area contributed by atoms with E-state index in [1.807, 2.05) is 13.2 Å². The van der Waals surface area contributed by atoms with E-state index in [0.29, 0.717) is 10.6 Å². The van der Waals surface area contributed by atoms with Gasteiger partial charge in [-0.15, -0.1) is 11.3 Å². The van der Waals surface area contributed by atoms with Crippen molar-refractivity contribution in [2.24, 2.45) is 0 Å². The molecule has 1 amide bonds. The fraction of sp³-hybridized carbons (Fsp3) is 0.545. The van der Waals surface area contributed by atoms with E-state index in [1.165, 1.54) is 23.1 Å². The standard InChI is InChI=1S/C11H17NO3S2/c1-7(10(5-13)16-3)12-11(14)9-4-8(15-2)6-17-9/h4,6-7,10,13H,5H2,1-3H3,(H,12,14). The Morgan fingerprint density at radius 1 is 1.71 bits per heavy atom. The summed E-state index contributed by atoms with van der Waals surface area (Å²) in [6.07, 6.45) is 1.91. The second-order valence-corrected chi connectivity index (χ2v) is 5.56. The predicted octanol–water partition coefficient (Wildman–Crippen LogP) is 1.60. The van der Waals surface area contributed by atoms with E-state index in [-0.39, 0.29) is 23.8 Å². The van der Waals surface area contributed by atoms with Crippen LogP contribution in [0.3, 0.4) is 0 Å². The summed E-state index contributed by atoms with van der Waals surface area (Å²) in [5, 5.41) is 13.8. The fourth-order valence-corrected chi connectivity index (χ4v) is 2.74. The van der Waals surface area contributed by atoms with Crippen molar-refractivity contribution in [1.29, 1.82) is 0 Å². The topological polar surface area (TPSA) is 58.6 Å². The number of methoxy groups -OCH3 is 1. The average molecular weight is 275 g/mol. The Balaban J connectivity index is 2.59. The number of amides is 1. The number of hydrogen-bond acceptors (Lipinski definition) is 5. The Hall–Kier alpha value is -0.720.